The summed E-state index contributed by atoms with van der Waals surface area (Å²) in [5, 5.41) is 0. The van der Waals surface area contributed by atoms with Crippen LogP contribution in [-0.2, 0) is 19.1 Å². The van der Waals surface area contributed by atoms with Crippen LogP contribution in [0.25, 0.3) is 12.2 Å². The van der Waals surface area contributed by atoms with Crippen LogP contribution in [0, 0.1) is 6.92 Å². The Balaban J connectivity index is 1.56. The van der Waals surface area contributed by atoms with Crippen molar-refractivity contribution in [1.29, 1.82) is 0 Å². The minimum Gasteiger partial charge on any atom is -0.494 e. The molecule has 0 amide bonds. The first-order valence-electron chi connectivity index (χ1n) is 16.1. The summed E-state index contributed by atoms with van der Waals surface area (Å²) >= 11 is 0. The topological polar surface area (TPSA) is 71.1 Å². The van der Waals surface area contributed by atoms with Gasteiger partial charge in [0.2, 0.25) is 0 Å². The zero-order chi connectivity index (χ0) is 32.0. The summed E-state index contributed by atoms with van der Waals surface area (Å²) in [6, 6.07) is 14.5. The number of esters is 2. The van der Waals surface area contributed by atoms with Gasteiger partial charge in [0, 0.05) is 11.1 Å². The van der Waals surface area contributed by atoms with Crippen molar-refractivity contribution in [2.24, 2.45) is 0 Å². The van der Waals surface area contributed by atoms with Gasteiger partial charge < -0.3 is 18.9 Å². The molecule has 2 rings (SSSR count). The summed E-state index contributed by atoms with van der Waals surface area (Å²) in [6.45, 7) is 14.9. The van der Waals surface area contributed by atoms with Gasteiger partial charge in [-0.25, -0.2) is 9.59 Å². The monoisotopic (exact) mass is 604 g/mol. The molecule has 0 aliphatic heterocycles. The third kappa shape index (κ3) is 16.2. The maximum Gasteiger partial charge on any atom is 0.333 e. The predicted octanol–water partition coefficient (Wildman–Crippen LogP) is 9.45. The van der Waals surface area contributed by atoms with E-state index in [4.69, 9.17) is 18.9 Å². The molecule has 0 aliphatic rings. The number of carbonyl (C=O) groups is 2. The highest BCUT2D eigenvalue weighted by Gasteiger charge is 2.04. The van der Waals surface area contributed by atoms with Crippen LogP contribution in [0.1, 0.15) is 101 Å². The molecule has 2 aromatic carbocycles. The van der Waals surface area contributed by atoms with Gasteiger partial charge in [-0.05, 0) is 87.4 Å². The number of unbranched alkanes of at least 4 members (excludes halogenated alkanes) is 9. The summed E-state index contributed by atoms with van der Waals surface area (Å²) in [5.74, 6) is 1.21. The van der Waals surface area contributed by atoms with Gasteiger partial charge in [0.15, 0.2) is 0 Å². The highest BCUT2D eigenvalue weighted by atomic mass is 16.5. The van der Waals surface area contributed by atoms with E-state index < -0.39 is 0 Å². The Morgan fingerprint density at radius 1 is 0.591 bits per heavy atom. The van der Waals surface area contributed by atoms with E-state index in [2.05, 4.69) is 62.6 Å². The van der Waals surface area contributed by atoms with Gasteiger partial charge in [0.25, 0.3) is 0 Å². The van der Waals surface area contributed by atoms with E-state index in [9.17, 15) is 9.59 Å². The van der Waals surface area contributed by atoms with Crippen LogP contribution in [0.4, 0.5) is 0 Å². The van der Waals surface area contributed by atoms with Crippen LogP contribution in [0.5, 0.6) is 11.5 Å². The SMILES string of the molecule is C=C(C)C(=O)OCCCCCCCCOc1ccc(/C=C/c2ccc(OCCCCCCCOC(=O)C(=C)C)cc2)cc1C. The van der Waals surface area contributed by atoms with Crippen LogP contribution < -0.4 is 9.47 Å². The lowest BCUT2D eigenvalue weighted by molar-refractivity contribution is -0.139. The van der Waals surface area contributed by atoms with Gasteiger partial charge in [-0.1, -0.05) is 88.5 Å². The molecule has 0 saturated heterocycles. The molecule has 0 N–H and O–H groups in total. The quantitative estimate of drug-likeness (QED) is 0.0545. The summed E-state index contributed by atoms with van der Waals surface area (Å²) in [7, 11) is 0. The highest BCUT2D eigenvalue weighted by molar-refractivity contribution is 5.87. The van der Waals surface area contributed by atoms with Gasteiger partial charge in [-0.15, -0.1) is 0 Å². The van der Waals surface area contributed by atoms with E-state index >= 15 is 0 Å². The van der Waals surface area contributed by atoms with Crippen LogP contribution in [-0.4, -0.2) is 38.4 Å². The van der Waals surface area contributed by atoms with E-state index in [0.717, 1.165) is 105 Å². The number of rotatable bonds is 23. The first-order chi connectivity index (χ1) is 21.3. The Morgan fingerprint density at radius 2 is 1.02 bits per heavy atom. The summed E-state index contributed by atoms with van der Waals surface area (Å²) in [4.78, 5) is 22.7. The summed E-state index contributed by atoms with van der Waals surface area (Å²) in [5.41, 5.74) is 4.29. The Bertz CT molecular complexity index is 1190. The van der Waals surface area contributed by atoms with Crippen molar-refractivity contribution < 1.29 is 28.5 Å². The van der Waals surface area contributed by atoms with Gasteiger partial charge >= 0.3 is 11.9 Å². The Hall–Kier alpha value is -3.80. The van der Waals surface area contributed by atoms with Crippen molar-refractivity contribution in [3.8, 4) is 11.5 Å². The molecule has 0 radical (unpaired) electrons. The largest absolute Gasteiger partial charge is 0.494 e. The van der Waals surface area contributed by atoms with Crippen LogP contribution in [0.2, 0.25) is 0 Å². The van der Waals surface area contributed by atoms with Crippen molar-refractivity contribution in [2.45, 2.75) is 91.4 Å². The lowest BCUT2D eigenvalue weighted by Gasteiger charge is -2.10. The summed E-state index contributed by atoms with van der Waals surface area (Å²) in [6.07, 6.45) is 15.8. The second-order valence-corrected chi connectivity index (χ2v) is 11.3. The molecule has 6 heteroatoms. The van der Waals surface area contributed by atoms with E-state index in [1.165, 1.54) is 0 Å². The fraction of sp³-hybridized carbons (Fsp3) is 0.474. The standard InChI is InChI=1S/C38H52O6/c1-30(2)37(39)43-27-15-10-7-6-9-14-26-42-36-24-21-34(29-32(36)5)18-17-33-19-22-35(23-20-33)41-25-13-11-8-12-16-28-44-38(40)31(3)4/h17-24,29H,1,3,6-16,25-28H2,2,4-5H3/b18-17+. The number of ether oxygens (including phenoxy) is 4. The van der Waals surface area contributed by atoms with Gasteiger partial charge in [0.05, 0.1) is 26.4 Å². The maximum absolute atomic E-state index is 11.3. The molecule has 0 aliphatic carbocycles. The van der Waals surface area contributed by atoms with Gasteiger partial charge in [-0.3, -0.25) is 0 Å². The van der Waals surface area contributed by atoms with Crippen molar-refractivity contribution in [3.05, 3.63) is 83.5 Å². The van der Waals surface area contributed by atoms with Crippen LogP contribution >= 0.6 is 0 Å². The number of hydrogen-bond acceptors (Lipinski definition) is 6. The molecule has 0 bridgehead atoms. The van der Waals surface area contributed by atoms with Crippen molar-refractivity contribution in [3.63, 3.8) is 0 Å². The Labute approximate surface area is 265 Å². The molecule has 6 nitrogen and oxygen atoms in total. The molecule has 0 heterocycles. The lowest BCUT2D eigenvalue weighted by Crippen LogP contribution is -2.06. The predicted molar refractivity (Wildman–Crippen MR) is 180 cm³/mol. The molecule has 0 spiro atoms. The van der Waals surface area contributed by atoms with Crippen molar-refractivity contribution in [1.82, 2.24) is 0 Å². The van der Waals surface area contributed by atoms with Crippen molar-refractivity contribution in [2.75, 3.05) is 26.4 Å². The second kappa shape index (κ2) is 21.8. The molecular formula is C38H52O6. The third-order valence-electron chi connectivity index (χ3n) is 7.06. The zero-order valence-electron chi connectivity index (χ0n) is 27.2. The van der Waals surface area contributed by atoms with E-state index in [-0.39, 0.29) is 11.9 Å². The molecular weight excluding hydrogens is 552 g/mol. The molecule has 0 fully saturated rings. The number of carbonyl (C=O) groups excluding carboxylic acids is 2. The molecule has 0 aromatic heterocycles. The van der Waals surface area contributed by atoms with Gasteiger partial charge in [-0.2, -0.15) is 0 Å². The van der Waals surface area contributed by atoms with Crippen molar-refractivity contribution >= 4 is 24.1 Å². The average Bonchev–Trinajstić information content (AvgIpc) is 3.01. The number of aryl methyl sites for hydroxylation is 1. The number of benzene rings is 2. The minimum absolute atomic E-state index is 0.299. The van der Waals surface area contributed by atoms with Crippen LogP contribution in [0.15, 0.2) is 66.8 Å². The van der Waals surface area contributed by atoms with E-state index in [0.29, 0.717) is 31.0 Å². The molecule has 0 atom stereocenters. The van der Waals surface area contributed by atoms with E-state index in [1.807, 2.05) is 12.1 Å². The fourth-order valence-corrected chi connectivity index (χ4v) is 4.40. The highest BCUT2D eigenvalue weighted by Crippen LogP contribution is 2.22. The maximum atomic E-state index is 11.3. The minimum atomic E-state index is -0.306. The Kier molecular flexibility index (Phi) is 18.0. The number of hydrogen-bond donors (Lipinski definition) is 0. The van der Waals surface area contributed by atoms with Crippen LogP contribution in [0.3, 0.4) is 0 Å². The zero-order valence-corrected chi connectivity index (χ0v) is 27.2. The van der Waals surface area contributed by atoms with Gasteiger partial charge in [0.1, 0.15) is 11.5 Å². The normalized spacial score (nSPS) is 10.9. The summed E-state index contributed by atoms with van der Waals surface area (Å²) < 4.78 is 22.1. The fourth-order valence-electron chi connectivity index (χ4n) is 4.40. The first kappa shape index (κ1) is 36.4. The average molecular weight is 605 g/mol. The first-order valence-corrected chi connectivity index (χ1v) is 16.1. The lowest BCUT2D eigenvalue weighted by atomic mass is 10.1. The third-order valence-corrected chi connectivity index (χ3v) is 7.06. The second-order valence-electron chi connectivity index (χ2n) is 11.3. The molecule has 44 heavy (non-hydrogen) atoms. The Morgan fingerprint density at radius 3 is 1.52 bits per heavy atom. The molecule has 0 saturated carbocycles. The molecule has 2 aromatic rings. The van der Waals surface area contributed by atoms with E-state index in [1.54, 1.807) is 13.8 Å². The molecule has 240 valence electrons. The smallest absolute Gasteiger partial charge is 0.333 e. The molecule has 0 unspecified atom stereocenters.